The minimum Gasteiger partial charge on any atom is -0.507 e. The summed E-state index contributed by atoms with van der Waals surface area (Å²) >= 11 is 0. The monoisotopic (exact) mass is 464 g/mol. The van der Waals surface area contributed by atoms with Crippen LogP contribution in [0.3, 0.4) is 0 Å². The zero-order chi connectivity index (χ0) is 24.2. The Labute approximate surface area is 183 Å². The van der Waals surface area contributed by atoms with Gasteiger partial charge >= 0.3 is 12.4 Å². The molecular formula is C23H14F6N2O2. The lowest BCUT2D eigenvalue weighted by Gasteiger charge is -2.07. The van der Waals surface area contributed by atoms with Crippen molar-refractivity contribution in [1.82, 2.24) is 0 Å². The highest BCUT2D eigenvalue weighted by molar-refractivity contribution is 5.86. The smallest absolute Gasteiger partial charge is 0.416 e. The van der Waals surface area contributed by atoms with Crippen LogP contribution in [0.4, 0.5) is 37.7 Å². The van der Waals surface area contributed by atoms with E-state index in [-0.39, 0.29) is 28.1 Å². The summed E-state index contributed by atoms with van der Waals surface area (Å²) in [5.41, 5.74) is -1.77. The van der Waals surface area contributed by atoms with E-state index < -0.39 is 29.2 Å². The van der Waals surface area contributed by atoms with Gasteiger partial charge in [0.05, 0.1) is 28.1 Å². The summed E-state index contributed by atoms with van der Waals surface area (Å²) in [7, 11) is 0. The molecule has 0 aliphatic carbocycles. The van der Waals surface area contributed by atoms with Gasteiger partial charge in [-0.25, -0.2) is 0 Å². The summed E-state index contributed by atoms with van der Waals surface area (Å²) in [6.07, 6.45) is -6.18. The van der Waals surface area contributed by atoms with E-state index in [1.165, 1.54) is 42.5 Å². The Hall–Kier alpha value is -3.95. The molecule has 0 heterocycles. The Morgan fingerprint density at radius 3 is 1.91 bits per heavy atom. The van der Waals surface area contributed by atoms with E-state index in [2.05, 4.69) is 10.2 Å². The van der Waals surface area contributed by atoms with Gasteiger partial charge in [-0.05, 0) is 48.0 Å². The highest BCUT2D eigenvalue weighted by Gasteiger charge is 2.31. The fraction of sp³-hybridized carbons (Fsp3) is 0.0870. The average molecular weight is 464 g/mol. The zero-order valence-corrected chi connectivity index (χ0v) is 16.5. The molecule has 4 nitrogen and oxygen atoms in total. The van der Waals surface area contributed by atoms with Crippen LogP contribution >= 0.6 is 0 Å². The summed E-state index contributed by atoms with van der Waals surface area (Å²) in [6, 6.07) is 11.0. The summed E-state index contributed by atoms with van der Waals surface area (Å²) < 4.78 is 77.1. The second kappa shape index (κ2) is 9.27. The minimum atomic E-state index is -4.56. The van der Waals surface area contributed by atoms with E-state index in [0.717, 1.165) is 30.3 Å². The first-order valence-electron chi connectivity index (χ1n) is 9.24. The number of azo groups is 1. The Bertz CT molecular complexity index is 1230. The topological polar surface area (TPSA) is 62.0 Å². The van der Waals surface area contributed by atoms with Crippen LogP contribution in [0.5, 0.6) is 5.75 Å². The first-order chi connectivity index (χ1) is 15.5. The van der Waals surface area contributed by atoms with Crippen LogP contribution in [0, 0.1) is 0 Å². The molecule has 33 heavy (non-hydrogen) atoms. The molecule has 0 aliphatic heterocycles. The predicted octanol–water partition coefficient (Wildman–Crippen LogP) is 7.83. The molecule has 170 valence electrons. The number of aromatic hydroxyl groups is 1. The second-order valence-electron chi connectivity index (χ2n) is 6.80. The summed E-state index contributed by atoms with van der Waals surface area (Å²) in [4.78, 5) is 11.3. The van der Waals surface area contributed by atoms with E-state index in [1.54, 1.807) is 0 Å². The first kappa shape index (κ1) is 23.7. The number of phenols is 1. The molecule has 0 amide bonds. The molecule has 0 aliphatic rings. The third kappa shape index (κ3) is 6.06. The normalized spacial score (nSPS) is 12.5. The van der Waals surface area contributed by atoms with Crippen molar-refractivity contribution in [1.29, 1.82) is 0 Å². The number of benzene rings is 3. The van der Waals surface area contributed by atoms with Crippen LogP contribution < -0.4 is 0 Å². The summed E-state index contributed by atoms with van der Waals surface area (Å²) in [6.45, 7) is 0. The van der Waals surface area contributed by atoms with Crippen molar-refractivity contribution in [3.63, 3.8) is 0 Å². The molecule has 0 saturated heterocycles. The van der Waals surface area contributed by atoms with Gasteiger partial charge in [-0.3, -0.25) is 4.79 Å². The molecule has 0 radical (unpaired) electrons. The van der Waals surface area contributed by atoms with Crippen molar-refractivity contribution in [3.05, 3.63) is 88.5 Å². The lowest BCUT2D eigenvalue weighted by molar-refractivity contribution is -0.138. The molecule has 3 aromatic rings. The highest BCUT2D eigenvalue weighted by Crippen LogP contribution is 2.34. The van der Waals surface area contributed by atoms with Crippen LogP contribution in [0.15, 0.2) is 70.9 Å². The Morgan fingerprint density at radius 2 is 1.27 bits per heavy atom. The zero-order valence-electron chi connectivity index (χ0n) is 16.5. The fourth-order valence-electron chi connectivity index (χ4n) is 2.80. The molecule has 0 spiro atoms. The number of hydrogen-bond acceptors (Lipinski definition) is 4. The molecular weight excluding hydrogens is 450 g/mol. The van der Waals surface area contributed by atoms with Crippen molar-refractivity contribution in [2.75, 3.05) is 0 Å². The quantitative estimate of drug-likeness (QED) is 0.181. The highest BCUT2D eigenvalue weighted by atomic mass is 19.4. The minimum absolute atomic E-state index is 0.0380. The lowest BCUT2D eigenvalue weighted by Crippen LogP contribution is -2.04. The van der Waals surface area contributed by atoms with Crippen LogP contribution in [-0.2, 0) is 12.4 Å². The van der Waals surface area contributed by atoms with Gasteiger partial charge in [0.2, 0.25) is 0 Å². The third-order valence-electron chi connectivity index (χ3n) is 4.40. The number of alkyl halides is 6. The van der Waals surface area contributed by atoms with Gasteiger partial charge in [0.1, 0.15) is 5.75 Å². The number of phenolic OH excluding ortho intramolecular Hbond substituents is 1. The number of nitrogens with zero attached hydrogens (tertiary/aromatic N) is 2. The molecule has 0 atom stereocenters. The second-order valence-corrected chi connectivity index (χ2v) is 6.80. The van der Waals surface area contributed by atoms with Gasteiger partial charge in [-0.2, -0.15) is 36.6 Å². The molecule has 10 heteroatoms. The van der Waals surface area contributed by atoms with Crippen LogP contribution in [0.25, 0.3) is 12.2 Å². The number of carbonyl (C=O) groups is 1. The van der Waals surface area contributed by atoms with Crippen molar-refractivity contribution in [2.24, 2.45) is 10.2 Å². The Balaban J connectivity index is 1.93. The number of aldehydes is 1. The molecule has 0 fully saturated rings. The average Bonchev–Trinajstić information content (AvgIpc) is 2.76. The van der Waals surface area contributed by atoms with Crippen LogP contribution in [0.2, 0.25) is 0 Å². The van der Waals surface area contributed by atoms with Gasteiger partial charge in [-0.15, -0.1) is 0 Å². The maximum Gasteiger partial charge on any atom is 0.416 e. The number of halogens is 6. The maximum absolute atomic E-state index is 12.9. The molecule has 1 N–H and O–H groups in total. The van der Waals surface area contributed by atoms with Crippen LogP contribution in [0.1, 0.15) is 32.6 Å². The van der Waals surface area contributed by atoms with Gasteiger partial charge in [0, 0.05) is 5.56 Å². The number of hydrogen-bond donors (Lipinski definition) is 1. The van der Waals surface area contributed by atoms with E-state index in [0.29, 0.717) is 6.29 Å². The standard InChI is InChI=1S/C23H14F6N2O2/c24-22(25,26)17-4-1-3-14(9-17)7-8-15-10-20(11-16(13-32)21(15)33)31-30-19-6-2-5-18(12-19)23(27,28)29/h1-13,33H/b8-7+,31-30?. The summed E-state index contributed by atoms with van der Waals surface area (Å²) in [5, 5.41) is 17.8. The molecule has 0 aromatic heterocycles. The van der Waals surface area contributed by atoms with Crippen molar-refractivity contribution in [2.45, 2.75) is 12.4 Å². The molecule has 0 saturated carbocycles. The van der Waals surface area contributed by atoms with Gasteiger partial charge in [-0.1, -0.05) is 30.4 Å². The van der Waals surface area contributed by atoms with E-state index in [4.69, 9.17) is 0 Å². The maximum atomic E-state index is 12.9. The first-order valence-corrected chi connectivity index (χ1v) is 9.24. The van der Waals surface area contributed by atoms with Gasteiger partial charge < -0.3 is 5.11 Å². The number of carbonyl (C=O) groups excluding carboxylic acids is 1. The number of rotatable bonds is 5. The van der Waals surface area contributed by atoms with E-state index in [1.807, 2.05) is 0 Å². The SMILES string of the molecule is O=Cc1cc(N=Nc2cccc(C(F)(F)F)c2)cc(/C=C/c2cccc(C(F)(F)F)c2)c1O. The van der Waals surface area contributed by atoms with Crippen molar-refractivity contribution < 1.29 is 36.2 Å². The lowest BCUT2D eigenvalue weighted by atomic mass is 10.1. The molecule has 3 rings (SSSR count). The van der Waals surface area contributed by atoms with Crippen LogP contribution in [-0.4, -0.2) is 11.4 Å². The van der Waals surface area contributed by atoms with Gasteiger partial charge in [0.25, 0.3) is 0 Å². The Morgan fingerprint density at radius 1 is 0.697 bits per heavy atom. The molecule has 0 unspecified atom stereocenters. The van der Waals surface area contributed by atoms with E-state index in [9.17, 15) is 36.2 Å². The van der Waals surface area contributed by atoms with Gasteiger partial charge in [0.15, 0.2) is 6.29 Å². The third-order valence-corrected chi connectivity index (χ3v) is 4.40. The molecule has 3 aromatic carbocycles. The predicted molar refractivity (Wildman–Crippen MR) is 109 cm³/mol. The van der Waals surface area contributed by atoms with Crippen molar-refractivity contribution >= 4 is 29.8 Å². The Kier molecular flexibility index (Phi) is 6.66. The van der Waals surface area contributed by atoms with E-state index >= 15 is 0 Å². The molecule has 0 bridgehead atoms. The van der Waals surface area contributed by atoms with Crippen molar-refractivity contribution in [3.8, 4) is 5.75 Å². The largest absolute Gasteiger partial charge is 0.507 e. The summed E-state index contributed by atoms with van der Waals surface area (Å²) in [5.74, 6) is -0.439. The fourth-order valence-corrected chi connectivity index (χ4v) is 2.80.